The van der Waals surface area contributed by atoms with E-state index >= 15 is 0 Å². The van der Waals surface area contributed by atoms with Crippen molar-refractivity contribution in [3.05, 3.63) is 33.8 Å². The van der Waals surface area contributed by atoms with Crippen LogP contribution in [-0.4, -0.2) is 23.4 Å². The number of amides is 1. The molecule has 1 aliphatic carbocycles. The molecule has 3 nitrogen and oxygen atoms in total. The Morgan fingerprint density at radius 3 is 2.62 bits per heavy atom. The summed E-state index contributed by atoms with van der Waals surface area (Å²) in [4.78, 5) is 14.8. The predicted molar refractivity (Wildman–Crippen MR) is 85.5 cm³/mol. The normalized spacial score (nSPS) is 29.1. The van der Waals surface area contributed by atoms with Gasteiger partial charge in [-0.3, -0.25) is 4.79 Å². The van der Waals surface area contributed by atoms with E-state index in [4.69, 9.17) is 28.9 Å². The van der Waals surface area contributed by atoms with Gasteiger partial charge in [0.2, 0.25) is 5.91 Å². The van der Waals surface area contributed by atoms with E-state index in [1.165, 1.54) is 0 Å². The Morgan fingerprint density at radius 1 is 1.14 bits per heavy atom. The van der Waals surface area contributed by atoms with Crippen LogP contribution in [-0.2, 0) is 4.79 Å². The number of rotatable bonds is 2. The zero-order chi connectivity index (χ0) is 15.0. The Morgan fingerprint density at radius 2 is 1.95 bits per heavy atom. The molecular weight excluding hydrogens is 307 g/mol. The van der Waals surface area contributed by atoms with Gasteiger partial charge in [0.1, 0.15) is 0 Å². The molecule has 1 saturated heterocycles. The summed E-state index contributed by atoms with van der Waals surface area (Å²) in [6.07, 6.45) is 4.94. The lowest BCUT2D eigenvalue weighted by Gasteiger charge is -2.29. The topological polar surface area (TPSA) is 46.3 Å². The van der Waals surface area contributed by atoms with Crippen molar-refractivity contribution < 1.29 is 4.79 Å². The first-order valence-electron chi connectivity index (χ1n) is 7.59. The lowest BCUT2D eigenvalue weighted by atomic mass is 10.00. The van der Waals surface area contributed by atoms with Crippen LogP contribution in [0.15, 0.2) is 18.2 Å². The summed E-state index contributed by atoms with van der Waals surface area (Å²) >= 11 is 12.1. The molecule has 1 amide bonds. The van der Waals surface area contributed by atoms with Gasteiger partial charge in [0.25, 0.3) is 0 Å². The maximum absolute atomic E-state index is 12.8. The van der Waals surface area contributed by atoms with Gasteiger partial charge in [0, 0.05) is 12.6 Å². The van der Waals surface area contributed by atoms with Gasteiger partial charge in [0.15, 0.2) is 0 Å². The minimum absolute atomic E-state index is 0.00614. The van der Waals surface area contributed by atoms with E-state index in [2.05, 4.69) is 0 Å². The standard InChI is InChI=1S/C16H20Cl2N2O/c17-12-7-6-10(9-13(12)18)15-5-2-8-20(15)16(21)11-3-1-4-14(11)19/h6-7,9,11,14-15H,1-5,8,19H2. The highest BCUT2D eigenvalue weighted by Gasteiger charge is 2.38. The van der Waals surface area contributed by atoms with Gasteiger partial charge in [0.05, 0.1) is 22.0 Å². The summed E-state index contributed by atoms with van der Waals surface area (Å²) in [5.41, 5.74) is 7.16. The van der Waals surface area contributed by atoms with Crippen LogP contribution in [0, 0.1) is 5.92 Å². The van der Waals surface area contributed by atoms with E-state index < -0.39 is 0 Å². The molecule has 114 valence electrons. The maximum atomic E-state index is 12.8. The van der Waals surface area contributed by atoms with E-state index in [-0.39, 0.29) is 23.9 Å². The lowest BCUT2D eigenvalue weighted by Crippen LogP contribution is -2.41. The highest BCUT2D eigenvalue weighted by molar-refractivity contribution is 6.42. The number of nitrogens with zero attached hydrogens (tertiary/aromatic N) is 1. The molecule has 1 heterocycles. The Kier molecular flexibility index (Phi) is 4.43. The van der Waals surface area contributed by atoms with Crippen LogP contribution in [0.3, 0.4) is 0 Å². The van der Waals surface area contributed by atoms with E-state index in [0.717, 1.165) is 44.2 Å². The van der Waals surface area contributed by atoms with Gasteiger partial charge in [-0.25, -0.2) is 0 Å². The fraction of sp³-hybridized carbons (Fsp3) is 0.562. The third-order valence-electron chi connectivity index (χ3n) is 4.75. The Balaban J connectivity index is 1.81. The third kappa shape index (κ3) is 2.92. The van der Waals surface area contributed by atoms with Crippen molar-refractivity contribution in [3.63, 3.8) is 0 Å². The zero-order valence-corrected chi connectivity index (χ0v) is 13.4. The quantitative estimate of drug-likeness (QED) is 0.898. The van der Waals surface area contributed by atoms with Crippen molar-refractivity contribution in [3.8, 4) is 0 Å². The number of carbonyl (C=O) groups excluding carboxylic acids is 1. The molecule has 3 rings (SSSR count). The molecule has 5 heteroatoms. The highest BCUT2D eigenvalue weighted by atomic mass is 35.5. The molecule has 1 saturated carbocycles. The van der Waals surface area contributed by atoms with Crippen LogP contribution < -0.4 is 5.73 Å². The van der Waals surface area contributed by atoms with Gasteiger partial charge in [-0.05, 0) is 43.4 Å². The first-order chi connectivity index (χ1) is 10.1. The largest absolute Gasteiger partial charge is 0.335 e. The van der Waals surface area contributed by atoms with Crippen LogP contribution in [0.25, 0.3) is 0 Å². The second-order valence-corrected chi connectivity index (χ2v) is 6.88. The van der Waals surface area contributed by atoms with Gasteiger partial charge in [-0.2, -0.15) is 0 Å². The Labute approximate surface area is 135 Å². The molecule has 3 atom stereocenters. The SMILES string of the molecule is NC1CCCC1C(=O)N1CCCC1c1ccc(Cl)c(Cl)c1. The predicted octanol–water partition coefficient (Wildman–Crippen LogP) is 3.78. The van der Waals surface area contributed by atoms with E-state index in [1.807, 2.05) is 23.1 Å². The minimum Gasteiger partial charge on any atom is -0.335 e. The molecule has 3 unspecified atom stereocenters. The number of carbonyl (C=O) groups is 1. The van der Waals surface area contributed by atoms with Crippen molar-refractivity contribution in [2.24, 2.45) is 11.7 Å². The van der Waals surface area contributed by atoms with E-state index in [0.29, 0.717) is 10.0 Å². The number of hydrogen-bond acceptors (Lipinski definition) is 2. The lowest BCUT2D eigenvalue weighted by molar-refractivity contribution is -0.136. The molecule has 21 heavy (non-hydrogen) atoms. The van der Waals surface area contributed by atoms with Crippen LogP contribution in [0.5, 0.6) is 0 Å². The van der Waals surface area contributed by atoms with Crippen LogP contribution >= 0.6 is 23.2 Å². The van der Waals surface area contributed by atoms with Crippen molar-refractivity contribution in [1.29, 1.82) is 0 Å². The molecular formula is C16H20Cl2N2O. The average Bonchev–Trinajstić information content (AvgIpc) is 3.10. The molecule has 2 aliphatic rings. The van der Waals surface area contributed by atoms with Gasteiger partial charge >= 0.3 is 0 Å². The van der Waals surface area contributed by atoms with Gasteiger partial charge in [-0.15, -0.1) is 0 Å². The second kappa shape index (κ2) is 6.15. The summed E-state index contributed by atoms with van der Waals surface area (Å²) in [7, 11) is 0. The Bertz CT molecular complexity index is 549. The number of hydrogen-bond donors (Lipinski definition) is 1. The van der Waals surface area contributed by atoms with Crippen molar-refractivity contribution >= 4 is 29.1 Å². The van der Waals surface area contributed by atoms with E-state index in [9.17, 15) is 4.79 Å². The summed E-state index contributed by atoms with van der Waals surface area (Å²) in [5, 5.41) is 1.10. The maximum Gasteiger partial charge on any atom is 0.227 e. The van der Waals surface area contributed by atoms with Crippen molar-refractivity contribution in [1.82, 2.24) is 4.90 Å². The van der Waals surface area contributed by atoms with Gasteiger partial charge < -0.3 is 10.6 Å². The summed E-state index contributed by atoms with van der Waals surface area (Å²) in [5.74, 6) is 0.210. The molecule has 1 aromatic rings. The fourth-order valence-corrected chi connectivity index (χ4v) is 3.91. The van der Waals surface area contributed by atoms with E-state index in [1.54, 1.807) is 0 Å². The van der Waals surface area contributed by atoms with Crippen LogP contribution in [0.2, 0.25) is 10.0 Å². The molecule has 0 spiro atoms. The third-order valence-corrected chi connectivity index (χ3v) is 5.49. The van der Waals surface area contributed by atoms with Gasteiger partial charge in [-0.1, -0.05) is 35.7 Å². The van der Waals surface area contributed by atoms with Crippen molar-refractivity contribution in [2.45, 2.75) is 44.2 Å². The van der Waals surface area contributed by atoms with Crippen LogP contribution in [0.4, 0.5) is 0 Å². The molecule has 1 aromatic carbocycles. The summed E-state index contributed by atoms with van der Waals surface area (Å²) < 4.78 is 0. The first kappa shape index (κ1) is 15.1. The zero-order valence-electron chi connectivity index (χ0n) is 11.9. The minimum atomic E-state index is -0.00614. The monoisotopic (exact) mass is 326 g/mol. The van der Waals surface area contributed by atoms with Crippen LogP contribution in [0.1, 0.15) is 43.7 Å². The summed E-state index contributed by atoms with van der Waals surface area (Å²) in [6, 6.07) is 5.79. The van der Waals surface area contributed by atoms with Crippen molar-refractivity contribution in [2.75, 3.05) is 6.54 Å². The fourth-order valence-electron chi connectivity index (χ4n) is 3.61. The molecule has 1 aliphatic heterocycles. The average molecular weight is 327 g/mol. The molecule has 2 N–H and O–H groups in total. The number of nitrogens with two attached hydrogens (primary N) is 1. The molecule has 0 bridgehead atoms. The second-order valence-electron chi connectivity index (χ2n) is 6.06. The molecule has 0 aromatic heterocycles. The smallest absolute Gasteiger partial charge is 0.227 e. The number of benzene rings is 1. The number of likely N-dealkylation sites (tertiary alicyclic amines) is 1. The number of halogens is 2. The molecule has 0 radical (unpaired) electrons. The molecule has 2 fully saturated rings. The Hall–Kier alpha value is -0.770. The summed E-state index contributed by atoms with van der Waals surface area (Å²) in [6.45, 7) is 0.812. The highest BCUT2D eigenvalue weighted by Crippen LogP contribution is 2.37. The first-order valence-corrected chi connectivity index (χ1v) is 8.34.